The fourth-order valence-electron chi connectivity index (χ4n) is 2.85. The van der Waals surface area contributed by atoms with E-state index in [4.69, 9.17) is 15.2 Å². The van der Waals surface area contributed by atoms with Gasteiger partial charge in [-0.25, -0.2) is 0 Å². The molecular weight excluding hydrogens is 348 g/mol. The van der Waals surface area contributed by atoms with Crippen molar-refractivity contribution in [1.82, 2.24) is 0 Å². The quantitative estimate of drug-likeness (QED) is 0.825. The number of methoxy groups -OCH3 is 1. The normalized spacial score (nSPS) is 26.1. The fourth-order valence-corrected chi connectivity index (χ4v) is 3.22. The maximum Gasteiger partial charge on any atom is 0.326 e. The summed E-state index contributed by atoms with van der Waals surface area (Å²) in [6.45, 7) is 1.99. The third kappa shape index (κ3) is 2.96. The molecule has 120 valence electrons. The second-order valence-corrected chi connectivity index (χ2v) is 5.98. The molecule has 0 amide bonds. The molecule has 3 unspecified atom stereocenters. The predicted octanol–water partition coefficient (Wildman–Crippen LogP) is 2.98. The van der Waals surface area contributed by atoms with Crippen molar-refractivity contribution >= 4 is 21.9 Å². The maximum absolute atomic E-state index is 12.2. The number of ether oxygens (including phenoxy) is 2. The van der Waals surface area contributed by atoms with Gasteiger partial charge in [0.25, 0.3) is 0 Å². The van der Waals surface area contributed by atoms with E-state index in [1.165, 1.54) is 0 Å². The highest BCUT2D eigenvalue weighted by Gasteiger charge is 2.59. The van der Waals surface area contributed by atoms with E-state index in [1.807, 2.05) is 12.1 Å². The van der Waals surface area contributed by atoms with Crippen LogP contribution in [0.15, 0.2) is 22.7 Å². The van der Waals surface area contributed by atoms with Crippen LogP contribution in [0.4, 0.5) is 0 Å². The Kier molecular flexibility index (Phi) is 5.98. The number of hydrogen-bond acceptors (Lipinski definition) is 5. The van der Waals surface area contributed by atoms with Gasteiger partial charge in [-0.2, -0.15) is 5.26 Å². The molecule has 2 rings (SSSR count). The van der Waals surface area contributed by atoms with E-state index in [0.717, 1.165) is 10.0 Å². The lowest BCUT2D eigenvalue weighted by Crippen LogP contribution is -2.64. The number of rotatable bonds is 4. The Labute approximate surface area is 139 Å². The molecule has 0 bridgehead atoms. The summed E-state index contributed by atoms with van der Waals surface area (Å²) in [4.78, 5) is 12.2. The van der Waals surface area contributed by atoms with Crippen molar-refractivity contribution in [3.63, 3.8) is 0 Å². The first-order valence-corrected chi connectivity index (χ1v) is 7.46. The maximum atomic E-state index is 12.2. The third-order valence-corrected chi connectivity index (χ3v) is 4.36. The van der Waals surface area contributed by atoms with Gasteiger partial charge >= 0.3 is 5.97 Å². The second kappa shape index (κ2) is 7.12. The molecule has 22 heavy (non-hydrogen) atoms. The summed E-state index contributed by atoms with van der Waals surface area (Å²) in [7, 11) is 1.55. The number of carbonyl (C=O) groups is 1. The summed E-state index contributed by atoms with van der Waals surface area (Å²) in [5.74, 6) is -0.623. The molecule has 1 aromatic rings. The van der Waals surface area contributed by atoms with Crippen molar-refractivity contribution in [3.05, 3.63) is 28.2 Å². The minimum Gasteiger partial charge on any atom is -0.496 e. The van der Waals surface area contributed by atoms with Gasteiger partial charge in [-0.15, -0.1) is 0 Å². The molecule has 0 heterocycles. The smallest absolute Gasteiger partial charge is 0.326 e. The first-order valence-electron chi connectivity index (χ1n) is 6.67. The first kappa shape index (κ1) is 18.5. The third-order valence-electron chi connectivity index (χ3n) is 3.86. The predicted molar refractivity (Wildman–Crippen MR) is 87.4 cm³/mol. The van der Waals surface area contributed by atoms with E-state index in [-0.39, 0.29) is 20.0 Å². The van der Waals surface area contributed by atoms with Gasteiger partial charge in [0.2, 0.25) is 0 Å². The molecule has 1 saturated carbocycles. The molecule has 1 aliphatic rings. The summed E-state index contributed by atoms with van der Waals surface area (Å²) in [6.07, 6.45) is 0.294. The summed E-state index contributed by atoms with van der Waals surface area (Å²) < 4.78 is 11.3. The summed E-state index contributed by atoms with van der Waals surface area (Å²) in [6, 6.07) is 7.68. The Bertz CT molecular complexity index is 600. The Morgan fingerprint density at radius 2 is 2.27 bits per heavy atom. The van der Waals surface area contributed by atoms with Crippen LogP contribution in [0.1, 0.15) is 32.3 Å². The van der Waals surface area contributed by atoms with Crippen LogP contribution in [-0.4, -0.2) is 25.2 Å². The molecule has 0 aliphatic heterocycles. The number of nitrogens with zero attached hydrogens (tertiary/aromatic N) is 1. The largest absolute Gasteiger partial charge is 0.496 e. The van der Waals surface area contributed by atoms with Gasteiger partial charge < -0.3 is 15.2 Å². The van der Waals surface area contributed by atoms with Crippen LogP contribution in [0, 0.1) is 17.2 Å². The Morgan fingerprint density at radius 3 is 2.82 bits per heavy atom. The summed E-state index contributed by atoms with van der Waals surface area (Å²) in [5, 5.41) is 9.28. The van der Waals surface area contributed by atoms with Crippen LogP contribution in [-0.2, 0) is 9.53 Å². The lowest BCUT2D eigenvalue weighted by atomic mass is 9.57. The average molecular weight is 369 g/mol. The van der Waals surface area contributed by atoms with Crippen molar-refractivity contribution in [2.45, 2.75) is 32.2 Å². The SMILES string of the molecule is C.CCOC(=O)C1(N)CC(C#N)C1c1cc(Br)ccc1OC. The molecule has 0 spiro atoms. The van der Waals surface area contributed by atoms with Crippen molar-refractivity contribution in [1.29, 1.82) is 5.26 Å². The molecule has 3 atom stereocenters. The monoisotopic (exact) mass is 368 g/mol. The van der Waals surface area contributed by atoms with E-state index < -0.39 is 17.4 Å². The number of benzene rings is 1. The van der Waals surface area contributed by atoms with Crippen LogP contribution in [0.5, 0.6) is 5.75 Å². The van der Waals surface area contributed by atoms with Gasteiger partial charge in [0.15, 0.2) is 0 Å². The van der Waals surface area contributed by atoms with Gasteiger partial charge in [0.1, 0.15) is 11.3 Å². The zero-order chi connectivity index (χ0) is 15.6. The van der Waals surface area contributed by atoms with Crippen LogP contribution in [0.25, 0.3) is 0 Å². The highest BCUT2D eigenvalue weighted by atomic mass is 79.9. The molecule has 6 heteroatoms. The molecular formula is C16H21BrN2O3. The molecule has 0 aromatic heterocycles. The molecule has 1 fully saturated rings. The molecule has 5 nitrogen and oxygen atoms in total. The number of halogens is 1. The van der Waals surface area contributed by atoms with Crippen LogP contribution in [0.3, 0.4) is 0 Å². The van der Waals surface area contributed by atoms with Gasteiger partial charge in [-0.3, -0.25) is 4.79 Å². The summed E-state index contributed by atoms with van der Waals surface area (Å²) >= 11 is 3.40. The standard InChI is InChI=1S/C15H17BrN2O3.CH4/c1-3-21-14(19)15(18)7-9(8-17)13(15)11-6-10(16)4-5-12(11)20-2;/h4-6,9,13H,3,7,18H2,1-2H3;1H4. The van der Waals surface area contributed by atoms with E-state index in [9.17, 15) is 10.1 Å². The number of nitrogens with two attached hydrogens (primary N) is 1. The van der Waals surface area contributed by atoms with E-state index in [1.54, 1.807) is 20.1 Å². The minimum absolute atomic E-state index is 0. The zero-order valence-corrected chi connectivity index (χ0v) is 13.5. The fraction of sp³-hybridized carbons (Fsp3) is 0.500. The Balaban J connectivity index is 0.00000242. The second-order valence-electron chi connectivity index (χ2n) is 5.06. The Hall–Kier alpha value is -1.58. The minimum atomic E-state index is -1.18. The Morgan fingerprint density at radius 1 is 1.59 bits per heavy atom. The first-order chi connectivity index (χ1) is 9.97. The van der Waals surface area contributed by atoms with E-state index >= 15 is 0 Å². The van der Waals surface area contributed by atoms with Crippen LogP contribution in [0.2, 0.25) is 0 Å². The number of hydrogen-bond donors (Lipinski definition) is 1. The zero-order valence-electron chi connectivity index (χ0n) is 11.9. The number of esters is 1. The van der Waals surface area contributed by atoms with Crippen molar-refractivity contribution < 1.29 is 14.3 Å². The average Bonchev–Trinajstić information content (AvgIpc) is 2.44. The van der Waals surface area contributed by atoms with E-state index in [2.05, 4.69) is 22.0 Å². The van der Waals surface area contributed by atoms with Gasteiger partial charge in [-0.05, 0) is 31.5 Å². The lowest BCUT2D eigenvalue weighted by molar-refractivity contribution is -0.156. The highest BCUT2D eigenvalue weighted by molar-refractivity contribution is 9.10. The topological polar surface area (TPSA) is 85.3 Å². The van der Waals surface area contributed by atoms with Gasteiger partial charge in [0, 0.05) is 16.0 Å². The van der Waals surface area contributed by atoms with Crippen molar-refractivity contribution in [2.75, 3.05) is 13.7 Å². The lowest BCUT2D eigenvalue weighted by Gasteiger charge is -2.48. The number of carbonyl (C=O) groups excluding carboxylic acids is 1. The summed E-state index contributed by atoms with van der Waals surface area (Å²) in [5.41, 5.74) is 5.83. The van der Waals surface area contributed by atoms with Crippen molar-refractivity contribution in [3.8, 4) is 11.8 Å². The molecule has 0 saturated heterocycles. The van der Waals surface area contributed by atoms with E-state index in [0.29, 0.717) is 12.2 Å². The van der Waals surface area contributed by atoms with Crippen LogP contribution >= 0.6 is 15.9 Å². The van der Waals surface area contributed by atoms with Gasteiger partial charge in [0.05, 0.1) is 25.7 Å². The molecule has 1 aliphatic carbocycles. The molecule has 2 N–H and O–H groups in total. The molecule has 1 aromatic carbocycles. The highest BCUT2D eigenvalue weighted by Crippen LogP contribution is 2.52. The van der Waals surface area contributed by atoms with Crippen molar-refractivity contribution in [2.24, 2.45) is 11.7 Å². The number of nitriles is 1. The molecule has 0 radical (unpaired) electrons. The van der Waals surface area contributed by atoms with Gasteiger partial charge in [-0.1, -0.05) is 23.4 Å². The van der Waals surface area contributed by atoms with Crippen LogP contribution < -0.4 is 10.5 Å².